The van der Waals surface area contributed by atoms with Gasteiger partial charge in [0.15, 0.2) is 5.65 Å². The number of rotatable bonds is 7. The van der Waals surface area contributed by atoms with Gasteiger partial charge in [-0.2, -0.15) is 10.2 Å². The lowest BCUT2D eigenvalue weighted by molar-refractivity contribution is 0.0937. The average molecular weight is 366 g/mol. The van der Waals surface area contributed by atoms with E-state index >= 15 is 0 Å². The first-order valence-corrected chi connectivity index (χ1v) is 9.72. The molecule has 1 atom stereocenters. The first-order chi connectivity index (χ1) is 13.0. The lowest BCUT2D eigenvalue weighted by Crippen LogP contribution is -2.36. The highest BCUT2D eigenvalue weighted by Gasteiger charge is 2.28. The molecule has 1 amide bonds. The predicted molar refractivity (Wildman–Crippen MR) is 104 cm³/mol. The molecule has 3 aromatic heterocycles. The number of pyridine rings is 1. The zero-order chi connectivity index (χ0) is 19.0. The summed E-state index contributed by atoms with van der Waals surface area (Å²) in [5.74, 6) is 0.409. The van der Waals surface area contributed by atoms with Gasteiger partial charge in [0, 0.05) is 30.4 Å². The fraction of sp³-hybridized carbons (Fsp3) is 0.500. The Morgan fingerprint density at radius 3 is 2.89 bits per heavy atom. The first-order valence-electron chi connectivity index (χ1n) is 9.72. The molecule has 7 nitrogen and oxygen atoms in total. The quantitative estimate of drug-likeness (QED) is 0.697. The molecule has 0 saturated heterocycles. The summed E-state index contributed by atoms with van der Waals surface area (Å²) in [6, 6.07) is 3.89. The zero-order valence-corrected chi connectivity index (χ0v) is 16.1. The van der Waals surface area contributed by atoms with Crippen LogP contribution in [0.2, 0.25) is 0 Å². The van der Waals surface area contributed by atoms with E-state index in [9.17, 15) is 4.79 Å². The molecular formula is C20H26N6O. The van der Waals surface area contributed by atoms with Crippen molar-refractivity contribution in [3.8, 4) is 0 Å². The standard InChI is InChI=1S/C20H26N6O/c1-4-8-26-19-17(11-21-26)16(10-18(23-19)15-5-6-15)20(27)22-14(3)12-25-9-7-13(2)24-25/h7,9-11,14-15H,4-6,8,12H2,1-3H3,(H,22,27). The Labute approximate surface area is 158 Å². The van der Waals surface area contributed by atoms with Crippen molar-refractivity contribution in [2.45, 2.75) is 65.1 Å². The number of hydrogen-bond acceptors (Lipinski definition) is 4. The highest BCUT2D eigenvalue weighted by Crippen LogP contribution is 2.40. The van der Waals surface area contributed by atoms with Gasteiger partial charge in [-0.25, -0.2) is 9.67 Å². The Morgan fingerprint density at radius 2 is 2.22 bits per heavy atom. The van der Waals surface area contributed by atoms with Gasteiger partial charge in [0.1, 0.15) is 0 Å². The number of aromatic nitrogens is 5. The largest absolute Gasteiger partial charge is 0.348 e. The number of hydrogen-bond donors (Lipinski definition) is 1. The molecular weight excluding hydrogens is 340 g/mol. The van der Waals surface area contributed by atoms with Crippen LogP contribution in [0.1, 0.15) is 60.8 Å². The Balaban J connectivity index is 1.60. The molecule has 3 heterocycles. The summed E-state index contributed by atoms with van der Waals surface area (Å²) in [5, 5.41) is 12.8. The smallest absolute Gasteiger partial charge is 0.252 e. The molecule has 1 N–H and O–H groups in total. The van der Waals surface area contributed by atoms with Gasteiger partial charge in [-0.05, 0) is 45.2 Å². The van der Waals surface area contributed by atoms with Crippen LogP contribution < -0.4 is 5.32 Å². The molecule has 1 aliphatic carbocycles. The molecule has 1 aliphatic rings. The summed E-state index contributed by atoms with van der Waals surface area (Å²) in [5.41, 5.74) is 3.48. The van der Waals surface area contributed by atoms with Crippen molar-refractivity contribution in [1.82, 2.24) is 29.9 Å². The molecule has 3 aromatic rings. The number of nitrogens with one attached hydrogen (secondary N) is 1. The van der Waals surface area contributed by atoms with E-state index in [2.05, 4.69) is 22.4 Å². The predicted octanol–water partition coefficient (Wildman–Crippen LogP) is 3.04. The highest BCUT2D eigenvalue weighted by molar-refractivity contribution is 6.05. The van der Waals surface area contributed by atoms with E-state index in [1.807, 2.05) is 41.5 Å². The minimum Gasteiger partial charge on any atom is -0.348 e. The maximum atomic E-state index is 13.0. The lowest BCUT2D eigenvalue weighted by atomic mass is 10.1. The van der Waals surface area contributed by atoms with Crippen LogP contribution in [-0.4, -0.2) is 36.5 Å². The van der Waals surface area contributed by atoms with Gasteiger partial charge in [0.25, 0.3) is 5.91 Å². The molecule has 1 unspecified atom stereocenters. The molecule has 4 rings (SSSR count). The van der Waals surface area contributed by atoms with Crippen molar-refractivity contribution in [2.75, 3.05) is 0 Å². The van der Waals surface area contributed by atoms with Crippen LogP contribution in [-0.2, 0) is 13.1 Å². The molecule has 0 bridgehead atoms. The highest BCUT2D eigenvalue weighted by atomic mass is 16.1. The molecule has 0 aromatic carbocycles. The van der Waals surface area contributed by atoms with Crippen molar-refractivity contribution >= 4 is 16.9 Å². The Hall–Kier alpha value is -2.70. The number of fused-ring (bicyclic) bond motifs is 1. The fourth-order valence-corrected chi connectivity index (χ4v) is 3.41. The second kappa shape index (κ2) is 7.13. The average Bonchev–Trinajstić information content (AvgIpc) is 3.30. The van der Waals surface area contributed by atoms with E-state index in [0.717, 1.165) is 48.2 Å². The van der Waals surface area contributed by atoms with Gasteiger partial charge in [0.2, 0.25) is 0 Å². The van der Waals surface area contributed by atoms with Crippen LogP contribution in [0.5, 0.6) is 0 Å². The Bertz CT molecular complexity index is 968. The summed E-state index contributed by atoms with van der Waals surface area (Å²) in [7, 11) is 0. The minimum atomic E-state index is -0.0725. The van der Waals surface area contributed by atoms with Crippen LogP contribution >= 0.6 is 0 Å². The van der Waals surface area contributed by atoms with Gasteiger partial charge >= 0.3 is 0 Å². The maximum absolute atomic E-state index is 13.0. The van der Waals surface area contributed by atoms with E-state index in [0.29, 0.717) is 18.0 Å². The number of amides is 1. The van der Waals surface area contributed by atoms with E-state index in [1.165, 1.54) is 0 Å². The van der Waals surface area contributed by atoms with Crippen molar-refractivity contribution in [1.29, 1.82) is 0 Å². The summed E-state index contributed by atoms with van der Waals surface area (Å²) in [6.07, 6.45) is 6.98. The van der Waals surface area contributed by atoms with Crippen LogP contribution in [0, 0.1) is 6.92 Å². The van der Waals surface area contributed by atoms with Crippen LogP contribution in [0.4, 0.5) is 0 Å². The van der Waals surface area contributed by atoms with Crippen molar-refractivity contribution in [3.63, 3.8) is 0 Å². The van der Waals surface area contributed by atoms with Gasteiger partial charge in [-0.3, -0.25) is 9.48 Å². The third kappa shape index (κ3) is 3.72. The van der Waals surface area contributed by atoms with Crippen LogP contribution in [0.3, 0.4) is 0 Å². The molecule has 142 valence electrons. The number of carbonyl (C=O) groups excluding carboxylic acids is 1. The number of carbonyl (C=O) groups is 1. The third-order valence-electron chi connectivity index (χ3n) is 4.92. The first kappa shape index (κ1) is 17.7. The van der Waals surface area contributed by atoms with Crippen molar-refractivity contribution < 1.29 is 4.79 Å². The summed E-state index contributed by atoms with van der Waals surface area (Å²) in [4.78, 5) is 17.8. The second-order valence-corrected chi connectivity index (χ2v) is 7.53. The normalized spacial score (nSPS) is 15.2. The zero-order valence-electron chi connectivity index (χ0n) is 16.1. The monoisotopic (exact) mass is 366 g/mol. The Kier molecular flexibility index (Phi) is 4.68. The maximum Gasteiger partial charge on any atom is 0.252 e. The summed E-state index contributed by atoms with van der Waals surface area (Å²) >= 11 is 0. The van der Waals surface area contributed by atoms with Crippen molar-refractivity contribution in [3.05, 3.63) is 41.5 Å². The molecule has 1 fully saturated rings. The van der Waals surface area contributed by atoms with Crippen LogP contribution in [0.15, 0.2) is 24.5 Å². The van der Waals surface area contributed by atoms with E-state index < -0.39 is 0 Å². The van der Waals surface area contributed by atoms with Gasteiger partial charge < -0.3 is 5.32 Å². The third-order valence-corrected chi connectivity index (χ3v) is 4.92. The fourth-order valence-electron chi connectivity index (χ4n) is 3.41. The van der Waals surface area contributed by atoms with E-state index in [-0.39, 0.29) is 11.9 Å². The molecule has 27 heavy (non-hydrogen) atoms. The van der Waals surface area contributed by atoms with Crippen LogP contribution in [0.25, 0.3) is 11.0 Å². The van der Waals surface area contributed by atoms with E-state index in [4.69, 9.17) is 4.98 Å². The summed E-state index contributed by atoms with van der Waals surface area (Å²) in [6.45, 7) is 7.51. The number of aryl methyl sites for hydroxylation is 2. The topological polar surface area (TPSA) is 77.6 Å². The molecule has 7 heteroatoms. The minimum absolute atomic E-state index is 0.0323. The molecule has 1 saturated carbocycles. The van der Waals surface area contributed by atoms with Gasteiger partial charge in [-0.15, -0.1) is 0 Å². The Morgan fingerprint density at radius 1 is 1.41 bits per heavy atom. The van der Waals surface area contributed by atoms with Crippen molar-refractivity contribution in [2.24, 2.45) is 0 Å². The second-order valence-electron chi connectivity index (χ2n) is 7.53. The molecule has 0 radical (unpaired) electrons. The number of nitrogens with zero attached hydrogens (tertiary/aromatic N) is 5. The molecule has 0 aliphatic heterocycles. The lowest BCUT2D eigenvalue weighted by Gasteiger charge is -2.15. The van der Waals surface area contributed by atoms with E-state index in [1.54, 1.807) is 6.20 Å². The summed E-state index contributed by atoms with van der Waals surface area (Å²) < 4.78 is 3.77. The molecule has 0 spiro atoms. The SMILES string of the molecule is CCCn1ncc2c(C(=O)NC(C)Cn3ccc(C)n3)cc(C3CC3)nc21. The van der Waals surface area contributed by atoms with Gasteiger partial charge in [-0.1, -0.05) is 6.92 Å². The van der Waals surface area contributed by atoms with Gasteiger partial charge in [0.05, 0.1) is 29.4 Å².